The third-order valence-electron chi connectivity index (χ3n) is 1.54. The molecule has 0 bridgehead atoms. The van der Waals surface area contributed by atoms with E-state index in [0.717, 1.165) is 6.07 Å². The molecule has 0 radical (unpaired) electrons. The van der Waals surface area contributed by atoms with Crippen LogP contribution in [0, 0.1) is 0 Å². The lowest BCUT2D eigenvalue weighted by Crippen LogP contribution is -2.17. The van der Waals surface area contributed by atoms with Crippen molar-refractivity contribution < 1.29 is 9.90 Å². The number of pyridine rings is 1. The number of carboxylic acids is 1. The Morgan fingerprint density at radius 3 is 2.64 bits per heavy atom. The zero-order valence-electron chi connectivity index (χ0n) is 8.00. The molecule has 0 spiro atoms. The fourth-order valence-corrected chi connectivity index (χ4v) is 1.06. The number of anilines is 1. The number of carbonyl (C=O) groups is 1. The van der Waals surface area contributed by atoms with Gasteiger partial charge in [-0.3, -0.25) is 4.79 Å². The molecule has 0 saturated carbocycles. The van der Waals surface area contributed by atoms with Gasteiger partial charge in [-0.25, -0.2) is 4.79 Å². The van der Waals surface area contributed by atoms with Crippen LogP contribution < -0.4 is 10.9 Å². The Morgan fingerprint density at radius 1 is 1.50 bits per heavy atom. The molecule has 3 N–H and O–H groups in total. The minimum atomic E-state index is -1.11. The van der Waals surface area contributed by atoms with Crippen molar-refractivity contribution in [3.05, 3.63) is 28.0 Å². The number of hydrogen-bond donors (Lipinski definition) is 3. The van der Waals surface area contributed by atoms with Crippen molar-refractivity contribution in [1.82, 2.24) is 4.98 Å². The second-order valence-electron chi connectivity index (χ2n) is 3.25. The lowest BCUT2D eigenvalue weighted by molar-refractivity contribution is 0.0696. The second kappa shape index (κ2) is 3.95. The SMILES string of the molecule is CC(C)Nc1cc(C(=O)O)cc(=O)[nH]1. The molecule has 0 aromatic carbocycles. The van der Waals surface area contributed by atoms with Crippen molar-refractivity contribution in [2.45, 2.75) is 19.9 Å². The number of H-pyrrole nitrogens is 1. The van der Waals surface area contributed by atoms with Gasteiger partial charge in [-0.1, -0.05) is 0 Å². The fourth-order valence-electron chi connectivity index (χ4n) is 1.06. The lowest BCUT2D eigenvalue weighted by atomic mass is 10.2. The van der Waals surface area contributed by atoms with E-state index in [1.165, 1.54) is 6.07 Å². The maximum absolute atomic E-state index is 11.0. The molecule has 1 aromatic rings. The molecule has 5 nitrogen and oxygen atoms in total. The van der Waals surface area contributed by atoms with Gasteiger partial charge in [0.2, 0.25) is 5.56 Å². The van der Waals surface area contributed by atoms with Crippen LogP contribution in [0.4, 0.5) is 5.82 Å². The van der Waals surface area contributed by atoms with E-state index < -0.39 is 11.5 Å². The molecular formula is C9H12N2O3. The Kier molecular flexibility index (Phi) is 2.91. The average Bonchev–Trinajstić information content (AvgIpc) is 2.01. The number of aromatic carboxylic acids is 1. The second-order valence-corrected chi connectivity index (χ2v) is 3.25. The van der Waals surface area contributed by atoms with E-state index in [2.05, 4.69) is 10.3 Å². The van der Waals surface area contributed by atoms with E-state index in [0.29, 0.717) is 5.82 Å². The van der Waals surface area contributed by atoms with Crippen LogP contribution in [0.3, 0.4) is 0 Å². The van der Waals surface area contributed by atoms with Gasteiger partial charge in [0.1, 0.15) is 5.82 Å². The van der Waals surface area contributed by atoms with E-state index in [-0.39, 0.29) is 11.6 Å². The number of carboxylic acid groups (broad SMARTS) is 1. The third-order valence-corrected chi connectivity index (χ3v) is 1.54. The fraction of sp³-hybridized carbons (Fsp3) is 0.333. The first kappa shape index (κ1) is 10.3. The number of nitrogens with one attached hydrogen (secondary N) is 2. The van der Waals surface area contributed by atoms with Gasteiger partial charge in [-0.2, -0.15) is 0 Å². The molecule has 0 amide bonds. The summed E-state index contributed by atoms with van der Waals surface area (Å²) in [6.45, 7) is 3.79. The van der Waals surface area contributed by atoms with Gasteiger partial charge in [-0.15, -0.1) is 0 Å². The molecule has 0 saturated heterocycles. The molecule has 1 rings (SSSR count). The van der Waals surface area contributed by atoms with Crippen molar-refractivity contribution in [2.24, 2.45) is 0 Å². The molecule has 0 aliphatic rings. The predicted octanol–water partition coefficient (Wildman–Crippen LogP) is 0.893. The Hall–Kier alpha value is -1.78. The van der Waals surface area contributed by atoms with Crippen LogP contribution in [0.1, 0.15) is 24.2 Å². The zero-order chi connectivity index (χ0) is 10.7. The Balaban J connectivity index is 3.07. The molecule has 0 aliphatic heterocycles. The molecular weight excluding hydrogens is 184 g/mol. The first-order chi connectivity index (χ1) is 6.49. The smallest absolute Gasteiger partial charge is 0.336 e. The molecule has 0 atom stereocenters. The van der Waals surface area contributed by atoms with Crippen molar-refractivity contribution in [3.63, 3.8) is 0 Å². The summed E-state index contributed by atoms with van der Waals surface area (Å²) in [7, 11) is 0. The van der Waals surface area contributed by atoms with Crippen molar-refractivity contribution in [2.75, 3.05) is 5.32 Å². The molecule has 76 valence electrons. The predicted molar refractivity (Wildman–Crippen MR) is 52.8 cm³/mol. The first-order valence-electron chi connectivity index (χ1n) is 4.23. The molecule has 0 unspecified atom stereocenters. The highest BCUT2D eigenvalue weighted by Crippen LogP contribution is 2.05. The van der Waals surface area contributed by atoms with Crippen LogP contribution in [0.5, 0.6) is 0 Å². The monoisotopic (exact) mass is 196 g/mol. The van der Waals surface area contributed by atoms with Crippen molar-refractivity contribution in [3.8, 4) is 0 Å². The summed E-state index contributed by atoms with van der Waals surface area (Å²) < 4.78 is 0. The van der Waals surface area contributed by atoms with E-state index in [1.54, 1.807) is 0 Å². The highest BCUT2D eigenvalue weighted by Gasteiger charge is 2.06. The maximum atomic E-state index is 11.0. The van der Waals surface area contributed by atoms with Crippen LogP contribution in [-0.2, 0) is 0 Å². The van der Waals surface area contributed by atoms with E-state index in [1.807, 2.05) is 13.8 Å². The molecule has 0 fully saturated rings. The number of hydrogen-bond acceptors (Lipinski definition) is 3. The number of aromatic nitrogens is 1. The third kappa shape index (κ3) is 2.62. The van der Waals surface area contributed by atoms with Gasteiger partial charge < -0.3 is 15.4 Å². The van der Waals surface area contributed by atoms with Crippen LogP contribution in [0.15, 0.2) is 16.9 Å². The summed E-state index contributed by atoms with van der Waals surface area (Å²) in [6, 6.07) is 2.58. The Bertz CT molecular complexity index is 395. The minimum absolute atomic E-state index is 0.0168. The van der Waals surface area contributed by atoms with E-state index in [9.17, 15) is 9.59 Å². The normalized spacial score (nSPS) is 10.2. The maximum Gasteiger partial charge on any atom is 0.336 e. The zero-order valence-corrected chi connectivity index (χ0v) is 8.00. The first-order valence-corrected chi connectivity index (χ1v) is 4.23. The largest absolute Gasteiger partial charge is 0.478 e. The van der Waals surface area contributed by atoms with Gasteiger partial charge in [0.15, 0.2) is 0 Å². The van der Waals surface area contributed by atoms with Crippen LogP contribution in [0.25, 0.3) is 0 Å². The van der Waals surface area contributed by atoms with E-state index >= 15 is 0 Å². The average molecular weight is 196 g/mol. The van der Waals surface area contributed by atoms with Gasteiger partial charge in [0.25, 0.3) is 0 Å². The summed E-state index contributed by atoms with van der Waals surface area (Å²) >= 11 is 0. The molecule has 0 aliphatic carbocycles. The highest BCUT2D eigenvalue weighted by atomic mass is 16.4. The van der Waals surface area contributed by atoms with Crippen molar-refractivity contribution >= 4 is 11.8 Å². The Morgan fingerprint density at radius 2 is 2.14 bits per heavy atom. The van der Waals surface area contributed by atoms with Gasteiger partial charge >= 0.3 is 5.97 Å². The standard InChI is InChI=1S/C9H12N2O3/c1-5(2)10-7-3-6(9(13)14)4-8(12)11-7/h3-5H,1-2H3,(H,13,14)(H2,10,11,12). The number of aromatic amines is 1. The summed E-state index contributed by atoms with van der Waals surface area (Å²) in [5, 5.41) is 11.6. The topological polar surface area (TPSA) is 82.2 Å². The quantitative estimate of drug-likeness (QED) is 0.670. The summed E-state index contributed by atoms with van der Waals surface area (Å²) in [5.41, 5.74) is -0.440. The Labute approximate surface area is 80.8 Å². The summed E-state index contributed by atoms with van der Waals surface area (Å²) in [5.74, 6) is -0.687. The highest BCUT2D eigenvalue weighted by molar-refractivity contribution is 5.88. The van der Waals surface area contributed by atoms with Crippen LogP contribution >= 0.6 is 0 Å². The van der Waals surface area contributed by atoms with E-state index in [4.69, 9.17) is 5.11 Å². The van der Waals surface area contributed by atoms with Crippen LogP contribution in [-0.4, -0.2) is 22.1 Å². The van der Waals surface area contributed by atoms with Gasteiger partial charge in [-0.05, 0) is 19.9 Å². The lowest BCUT2D eigenvalue weighted by Gasteiger charge is -2.09. The molecule has 1 heterocycles. The number of rotatable bonds is 3. The summed E-state index contributed by atoms with van der Waals surface area (Å²) in [4.78, 5) is 24.2. The minimum Gasteiger partial charge on any atom is -0.478 e. The van der Waals surface area contributed by atoms with Crippen LogP contribution in [0.2, 0.25) is 0 Å². The van der Waals surface area contributed by atoms with Gasteiger partial charge in [0, 0.05) is 12.1 Å². The molecule has 1 aromatic heterocycles. The van der Waals surface area contributed by atoms with Crippen molar-refractivity contribution in [1.29, 1.82) is 0 Å². The molecule has 5 heteroatoms. The van der Waals surface area contributed by atoms with Gasteiger partial charge in [0.05, 0.1) is 5.56 Å². The molecule has 14 heavy (non-hydrogen) atoms. The summed E-state index contributed by atoms with van der Waals surface area (Å²) in [6.07, 6.45) is 0.